The van der Waals surface area contributed by atoms with Crippen LogP contribution in [0.1, 0.15) is 319 Å². The van der Waals surface area contributed by atoms with Gasteiger partial charge in [-0.25, -0.2) is 24.9 Å². The molecule has 1 fully saturated rings. The SMILES string of the molecule is CC(C)(C)c1ccc(CO)cn1.CC(C)(C)c1cccc(-c2ccccc2)[n+]1[O-].CC(C)(C)c1cccc(=O)[nH]1.CC(C)(C)c1cccc(C(=O)N2CCC2)n1.CC(C)(C)c1cccc(OC(F)F)n1.CN(C)c1cccc(C(C)(C)C)n1.CNc1cccc(C(C)(C)C)n1.COc1cccnc1C(C)(C)C.COc1ccnc(C(C)(C)C)c1.Cc1cc(OCO)nc(C(C)(C)C)c1.[C-]#[N+]c1cccc(C(C)(C)C)n1. The molecule has 0 saturated carbocycles. The van der Waals surface area contributed by atoms with Gasteiger partial charge in [0.15, 0.2) is 12.5 Å². The van der Waals surface area contributed by atoms with Gasteiger partial charge in [-0.15, -0.1) is 4.98 Å². The molecule has 1 aromatic carbocycles. The second kappa shape index (κ2) is 56.5. The van der Waals surface area contributed by atoms with E-state index in [1.807, 2.05) is 225 Å². The molecule has 788 valence electrons. The third kappa shape index (κ3) is 46.3. The first-order chi connectivity index (χ1) is 66.9. The van der Waals surface area contributed by atoms with Crippen molar-refractivity contribution in [2.24, 2.45) is 0 Å². The van der Waals surface area contributed by atoms with Gasteiger partial charge in [0.2, 0.25) is 23.0 Å². The maximum absolute atomic E-state index is 12.3. The van der Waals surface area contributed by atoms with E-state index in [1.165, 1.54) is 12.1 Å². The molecule has 1 amide bonds. The monoisotopic (exact) mass is 1990 g/mol. The van der Waals surface area contributed by atoms with E-state index >= 15 is 0 Å². The number of aromatic amines is 1. The fourth-order valence-electron chi connectivity index (χ4n) is 12.6. The Kier molecular flexibility index (Phi) is 49.1. The number of halogens is 2. The molecule has 0 unspecified atom stereocenters. The van der Waals surface area contributed by atoms with Crippen molar-refractivity contribution in [3.63, 3.8) is 0 Å². The maximum atomic E-state index is 12.3. The summed E-state index contributed by atoms with van der Waals surface area (Å²) < 4.78 is 44.3. The van der Waals surface area contributed by atoms with E-state index in [1.54, 1.807) is 63.1 Å². The van der Waals surface area contributed by atoms with Crippen LogP contribution in [0.3, 0.4) is 0 Å². The van der Waals surface area contributed by atoms with Crippen molar-refractivity contribution in [1.29, 1.82) is 0 Å². The van der Waals surface area contributed by atoms with Gasteiger partial charge < -0.3 is 59.3 Å². The standard InChI is InChI=1S/C15H17NO.C13H18N2O.C11H18N2.C11H17NO2.C10H13F2NO.C10H16N2.C10H12N2.3C10H15NO.C9H13NO/c1-15(2,3)14-11-7-10-13(16(14)17)12-8-5-4-6-9-12;1-13(2,3)11-7-4-6-10(14-11)12(16)15-8-5-9-15;1-11(2,3)9-7-6-8-10(12-9)13(4)5;1-8-5-9(11(2,3)4)12-10(6-8)14-7-13;1-10(2,3)7-5-4-6-8(13-7)14-9(11)12;2*1-10(2,3)8-6-5-7-9(11-4)12-8;1-10(2,3)9-7-8(12-4)5-6-11-9;1-10(2,3)9-8(12-4)6-5-7-11-9;1-10(2,3)9-5-4-8(7-12)6-11-9;1-9(2,3)7-5-4-6-8(11)10-7/h4-11H,1-3H3;4,6-7H,5,8-9H2,1-3H3;6-8H,1-5H3;5-6,13H,7H2,1-4H3;4-6,9H,1-3H3;5-7H,1-4H3,(H,11,12);5-7H,1-3H3;2*5-7H,1-4H3;4-6,12H,7H2,1-3H3;4-6H,1-3H3,(H,10,11). The van der Waals surface area contributed by atoms with Crippen LogP contribution in [-0.2, 0) is 66.2 Å². The number of ether oxygens (including phenoxy) is 4. The highest BCUT2D eigenvalue weighted by atomic mass is 19.3. The second-order valence-electron chi connectivity index (χ2n) is 46.3. The summed E-state index contributed by atoms with van der Waals surface area (Å²) in [7, 11) is 9.24. The van der Waals surface area contributed by atoms with Crippen molar-refractivity contribution in [3.8, 4) is 34.5 Å². The van der Waals surface area contributed by atoms with Crippen molar-refractivity contribution in [3.05, 3.63) is 331 Å². The largest absolute Gasteiger partial charge is 0.618 e. The molecule has 11 aromatic heterocycles. The van der Waals surface area contributed by atoms with Gasteiger partial charge in [-0.1, -0.05) is 296 Å². The number of amides is 1. The van der Waals surface area contributed by atoms with Crippen LogP contribution in [0.25, 0.3) is 16.1 Å². The number of hydrogen-bond donors (Lipinski definition) is 4. The Bertz CT molecular complexity index is 5930. The highest BCUT2D eigenvalue weighted by Crippen LogP contribution is 2.33. The van der Waals surface area contributed by atoms with Crippen LogP contribution in [0.15, 0.2) is 230 Å². The summed E-state index contributed by atoms with van der Waals surface area (Å²) in [6, 6.07) is 64.4. The van der Waals surface area contributed by atoms with Gasteiger partial charge in [-0.2, -0.15) is 13.5 Å². The number of benzene rings is 1. The maximum Gasteiger partial charge on any atom is 0.388 e. The van der Waals surface area contributed by atoms with Crippen LogP contribution in [0.4, 0.5) is 26.2 Å². The van der Waals surface area contributed by atoms with Crippen LogP contribution in [0.2, 0.25) is 0 Å². The third-order valence-corrected chi connectivity index (χ3v) is 21.4. The quantitative estimate of drug-likeness (QED) is 0.0405. The van der Waals surface area contributed by atoms with Gasteiger partial charge in [0.05, 0.1) is 32.2 Å². The smallest absolute Gasteiger partial charge is 0.388 e. The van der Waals surface area contributed by atoms with E-state index in [0.29, 0.717) is 23.1 Å². The molecular formula is C119H169F2N15O9. The molecule has 26 heteroatoms. The van der Waals surface area contributed by atoms with Crippen molar-refractivity contribution in [2.45, 2.75) is 315 Å². The number of anilines is 2. The van der Waals surface area contributed by atoms with Crippen molar-refractivity contribution in [2.75, 3.05) is 65.5 Å². The van der Waals surface area contributed by atoms with Gasteiger partial charge in [0, 0.05) is 194 Å². The molecule has 0 spiro atoms. The number of hydrogen-bond acceptors (Lipinski definition) is 20. The molecule has 24 nitrogen and oxygen atoms in total. The van der Waals surface area contributed by atoms with Crippen LogP contribution >= 0.6 is 0 Å². The Morgan fingerprint density at radius 2 is 0.993 bits per heavy atom. The lowest BCUT2D eigenvalue weighted by atomic mass is 9.91. The molecule has 1 aliphatic heterocycles. The predicted octanol–water partition coefficient (Wildman–Crippen LogP) is 26.6. The lowest BCUT2D eigenvalue weighted by Crippen LogP contribution is -2.42. The van der Waals surface area contributed by atoms with Gasteiger partial charge in [-0.05, 0) is 134 Å². The van der Waals surface area contributed by atoms with Crippen LogP contribution in [-0.4, -0.2) is 133 Å². The topological polar surface area (TPSA) is 293 Å². The molecule has 1 saturated heterocycles. The van der Waals surface area contributed by atoms with Gasteiger partial charge in [0.25, 0.3) is 11.7 Å². The van der Waals surface area contributed by atoms with Crippen molar-refractivity contribution >= 4 is 23.4 Å². The summed E-state index contributed by atoms with van der Waals surface area (Å²) in [5, 5.41) is 32.8. The summed E-state index contributed by atoms with van der Waals surface area (Å²) in [6.07, 6.45) is 6.41. The molecule has 0 radical (unpaired) electrons. The number of nitrogens with zero attached hydrogens (tertiary/aromatic N) is 13. The molecule has 0 atom stereocenters. The molecule has 0 aliphatic carbocycles. The third-order valence-electron chi connectivity index (χ3n) is 21.4. The average molecular weight is 1990 g/mol. The van der Waals surface area contributed by atoms with E-state index in [4.69, 9.17) is 31.0 Å². The number of pyridine rings is 11. The average Bonchev–Trinajstić information content (AvgIpc) is 0.800. The predicted molar refractivity (Wildman–Crippen MR) is 590 cm³/mol. The Balaban J connectivity index is 0.000000411. The number of nitrogens with one attached hydrogen (secondary N) is 2. The number of aryl methyl sites for hydroxylation is 1. The number of aliphatic hydroxyl groups excluding tert-OH is 2. The number of rotatable bonds is 11. The molecule has 13 rings (SSSR count). The number of H-pyrrole nitrogens is 1. The minimum Gasteiger partial charge on any atom is -0.618 e. The number of likely N-dealkylation sites (tertiary alicyclic amines) is 1. The highest BCUT2D eigenvalue weighted by Gasteiger charge is 2.29. The molecule has 4 N–H and O–H groups in total. The lowest BCUT2D eigenvalue weighted by Gasteiger charge is -2.30. The minimum absolute atomic E-state index is 0.000411. The second-order valence-corrected chi connectivity index (χ2v) is 46.3. The van der Waals surface area contributed by atoms with E-state index in [2.05, 4.69) is 270 Å². The summed E-state index contributed by atoms with van der Waals surface area (Å²) in [4.78, 5) is 71.6. The van der Waals surface area contributed by atoms with E-state index in [-0.39, 0.29) is 90.3 Å². The number of carbonyl (C=O) groups is 1. The summed E-state index contributed by atoms with van der Waals surface area (Å²) >= 11 is 0. The van der Waals surface area contributed by atoms with E-state index in [0.717, 1.165) is 127 Å². The fourth-order valence-corrected chi connectivity index (χ4v) is 12.6. The minimum atomic E-state index is -2.82. The van der Waals surface area contributed by atoms with Gasteiger partial charge in [-0.3, -0.25) is 24.5 Å². The molecular weight excluding hydrogens is 1820 g/mol. The summed E-state index contributed by atoms with van der Waals surface area (Å²) in [5.74, 6) is 4.68. The number of alkyl halides is 2. The Labute approximate surface area is 866 Å². The Morgan fingerprint density at radius 1 is 0.490 bits per heavy atom. The summed E-state index contributed by atoms with van der Waals surface area (Å²) in [5.41, 5.74) is 15.2. The zero-order valence-electron chi connectivity index (χ0n) is 94.3. The molecule has 0 bridgehead atoms. The first-order valence-electron chi connectivity index (χ1n) is 49.0. The van der Waals surface area contributed by atoms with Crippen LogP contribution < -0.4 is 39.5 Å². The van der Waals surface area contributed by atoms with Gasteiger partial charge in [0.1, 0.15) is 34.5 Å². The molecule has 12 aromatic rings. The Morgan fingerprint density at radius 3 is 1.44 bits per heavy atom. The normalized spacial score (nSPS) is 11.9. The van der Waals surface area contributed by atoms with Gasteiger partial charge >= 0.3 is 6.61 Å². The number of methoxy groups -OCH3 is 2. The number of aromatic nitrogens is 11. The summed E-state index contributed by atoms with van der Waals surface area (Å²) in [6.45, 7) is 76.7. The Hall–Kier alpha value is -13.0. The number of aliphatic hydroxyl groups is 2. The fraction of sp³-hybridized carbons (Fsp3) is 0.471. The number of carbonyl (C=O) groups excluding carboxylic acids is 1. The first kappa shape index (κ1) is 126. The van der Waals surface area contributed by atoms with E-state index in [9.17, 15) is 23.6 Å². The van der Waals surface area contributed by atoms with Crippen molar-refractivity contribution < 1.29 is 47.5 Å². The van der Waals surface area contributed by atoms with Crippen LogP contribution in [0.5, 0.6) is 23.3 Å². The first-order valence-corrected chi connectivity index (χ1v) is 49.0. The highest BCUT2D eigenvalue weighted by molar-refractivity contribution is 5.92. The zero-order chi connectivity index (χ0) is 110. The van der Waals surface area contributed by atoms with Crippen LogP contribution in [0, 0.1) is 18.7 Å². The lowest BCUT2D eigenvalue weighted by molar-refractivity contribution is -0.606. The van der Waals surface area contributed by atoms with Crippen molar-refractivity contribution in [1.82, 2.24) is 54.7 Å². The molecule has 1 aliphatic rings. The van der Waals surface area contributed by atoms with E-state index < -0.39 is 6.61 Å². The molecule has 145 heavy (non-hydrogen) atoms. The zero-order valence-corrected chi connectivity index (χ0v) is 94.3. The molecule has 12 heterocycles.